The summed E-state index contributed by atoms with van der Waals surface area (Å²) in [5, 5.41) is 11.7. The summed E-state index contributed by atoms with van der Waals surface area (Å²) >= 11 is 1.20. The Balaban J connectivity index is 0.00000243. The summed E-state index contributed by atoms with van der Waals surface area (Å²) in [6, 6.07) is 6.28. The molecular formula is C16H15N4O3RbS2. The van der Waals surface area contributed by atoms with Gasteiger partial charge in [0.2, 0.25) is 0 Å². The van der Waals surface area contributed by atoms with Gasteiger partial charge in [0.05, 0.1) is 11.4 Å². The molecule has 0 aliphatic heterocycles. The summed E-state index contributed by atoms with van der Waals surface area (Å²) in [5.74, 6) is -0.297. The Bertz CT molecular complexity index is 1040. The van der Waals surface area contributed by atoms with Crippen molar-refractivity contribution in [1.29, 1.82) is 0 Å². The van der Waals surface area contributed by atoms with E-state index in [2.05, 4.69) is 15.5 Å². The standard InChI is InChI=1S/C16H15N4O3S2.Rb/c1-8-9(2)19-20-16-12(8)13(17)14(24-16)15(21)18-7-10-3-5-11(6-4-10)25(22)23;/h3-6H,7,17H2,1-2H3,(H,18,21);/q-1;+1. The van der Waals surface area contributed by atoms with Crippen LogP contribution in [0.4, 0.5) is 5.69 Å². The minimum absolute atomic E-state index is 0. The molecule has 3 aromatic rings. The van der Waals surface area contributed by atoms with Gasteiger partial charge >= 0.3 is 58.2 Å². The molecule has 3 N–H and O–H groups in total. The van der Waals surface area contributed by atoms with Crippen molar-refractivity contribution in [2.75, 3.05) is 5.73 Å². The van der Waals surface area contributed by atoms with E-state index in [9.17, 15) is 13.2 Å². The van der Waals surface area contributed by atoms with Gasteiger partial charge in [0.15, 0.2) is 0 Å². The van der Waals surface area contributed by atoms with Crippen molar-refractivity contribution in [3.63, 3.8) is 0 Å². The number of thiophene rings is 1. The zero-order valence-electron chi connectivity index (χ0n) is 14.5. The fourth-order valence-electron chi connectivity index (χ4n) is 2.39. The zero-order valence-corrected chi connectivity index (χ0v) is 21.1. The number of fused-ring (bicyclic) bond motifs is 1. The maximum Gasteiger partial charge on any atom is 1.00 e. The van der Waals surface area contributed by atoms with Gasteiger partial charge in [-0.2, -0.15) is 5.10 Å². The van der Waals surface area contributed by atoms with Crippen molar-refractivity contribution in [2.24, 2.45) is 0 Å². The van der Waals surface area contributed by atoms with E-state index in [1.54, 1.807) is 12.1 Å². The van der Waals surface area contributed by atoms with Crippen LogP contribution in [-0.2, 0) is 25.7 Å². The Labute approximate surface area is 205 Å². The Morgan fingerprint density at radius 3 is 2.46 bits per heavy atom. The van der Waals surface area contributed by atoms with Gasteiger partial charge in [0.25, 0.3) is 5.91 Å². The Kier molecular flexibility index (Phi) is 7.46. The molecule has 3 rings (SSSR count). The second kappa shape index (κ2) is 8.98. The molecule has 2 heterocycles. The van der Waals surface area contributed by atoms with Crippen molar-refractivity contribution < 1.29 is 71.4 Å². The first-order chi connectivity index (χ1) is 11.9. The molecule has 0 aliphatic rings. The molecule has 7 nitrogen and oxygen atoms in total. The smallest absolute Gasteiger partial charge is 0.420 e. The van der Waals surface area contributed by atoms with Crippen LogP contribution in [0.15, 0.2) is 29.2 Å². The number of aryl methyl sites for hydroxylation is 2. The van der Waals surface area contributed by atoms with Gasteiger partial charge in [-0.1, -0.05) is 29.2 Å². The molecule has 0 saturated carbocycles. The van der Waals surface area contributed by atoms with Crippen LogP contribution in [0.5, 0.6) is 0 Å². The molecule has 1 aromatic carbocycles. The predicted octanol–water partition coefficient (Wildman–Crippen LogP) is -0.507. The first kappa shape index (κ1) is 21.6. The second-order valence-electron chi connectivity index (χ2n) is 5.50. The number of anilines is 1. The van der Waals surface area contributed by atoms with E-state index in [4.69, 9.17) is 5.73 Å². The van der Waals surface area contributed by atoms with Crippen LogP contribution in [-0.4, -0.2) is 16.1 Å². The normalized spacial score (nSPS) is 10.7. The van der Waals surface area contributed by atoms with Crippen molar-refractivity contribution >= 4 is 43.9 Å². The van der Waals surface area contributed by atoms with Gasteiger partial charge < -0.3 is 19.5 Å². The number of rotatable bonds is 4. The number of nitrogens with one attached hydrogen (secondary N) is 1. The third-order valence-electron chi connectivity index (χ3n) is 3.91. The van der Waals surface area contributed by atoms with Crippen LogP contribution < -0.4 is 69.2 Å². The molecular weight excluding hydrogens is 446 g/mol. The third kappa shape index (κ3) is 4.40. The average Bonchev–Trinajstić information content (AvgIpc) is 2.94. The monoisotopic (exact) mass is 460 g/mol. The summed E-state index contributed by atoms with van der Waals surface area (Å²) in [7, 11) is -2.26. The van der Waals surface area contributed by atoms with E-state index < -0.39 is 10.7 Å². The summed E-state index contributed by atoms with van der Waals surface area (Å²) in [6.07, 6.45) is 0. The largest absolute Gasteiger partial charge is 1.00 e. The van der Waals surface area contributed by atoms with E-state index in [0.717, 1.165) is 22.2 Å². The molecule has 26 heavy (non-hydrogen) atoms. The van der Waals surface area contributed by atoms with Crippen LogP contribution in [0.25, 0.3) is 10.2 Å². The first-order valence-corrected chi connectivity index (χ1v) is 9.26. The minimum atomic E-state index is -2.26. The first-order valence-electron chi connectivity index (χ1n) is 7.36. The Morgan fingerprint density at radius 2 is 1.85 bits per heavy atom. The van der Waals surface area contributed by atoms with E-state index in [-0.39, 0.29) is 75.5 Å². The zero-order chi connectivity index (χ0) is 18.1. The average molecular weight is 461 g/mol. The Hall–Kier alpha value is -0.715. The maximum atomic E-state index is 12.5. The van der Waals surface area contributed by atoms with Crippen LogP contribution >= 0.6 is 11.3 Å². The number of nitrogens with two attached hydrogens (primary N) is 1. The third-order valence-corrected chi connectivity index (χ3v) is 5.66. The fraction of sp³-hybridized carbons (Fsp3) is 0.188. The number of amides is 1. The molecule has 0 fully saturated rings. The van der Waals surface area contributed by atoms with Gasteiger partial charge in [-0.05, 0) is 35.7 Å². The van der Waals surface area contributed by atoms with Crippen molar-refractivity contribution in [3.05, 3.63) is 46.0 Å². The van der Waals surface area contributed by atoms with Gasteiger partial charge in [-0.25, -0.2) is 0 Å². The summed E-state index contributed by atoms with van der Waals surface area (Å²) in [4.78, 5) is 13.7. The van der Waals surface area contributed by atoms with Crippen LogP contribution in [0.1, 0.15) is 26.5 Å². The molecule has 0 spiro atoms. The molecule has 0 bridgehead atoms. The quantitative estimate of drug-likeness (QED) is 0.507. The van der Waals surface area contributed by atoms with Crippen molar-refractivity contribution in [2.45, 2.75) is 25.3 Å². The van der Waals surface area contributed by atoms with Crippen molar-refractivity contribution in [3.8, 4) is 0 Å². The van der Waals surface area contributed by atoms with E-state index in [1.807, 2.05) is 13.8 Å². The number of hydrogen-bond donors (Lipinski definition) is 2. The van der Waals surface area contributed by atoms with E-state index in [0.29, 0.717) is 15.4 Å². The van der Waals surface area contributed by atoms with E-state index >= 15 is 0 Å². The van der Waals surface area contributed by atoms with Gasteiger partial charge in [-0.3, -0.25) is 4.79 Å². The molecule has 1 amide bonds. The van der Waals surface area contributed by atoms with Crippen LogP contribution in [0, 0.1) is 13.8 Å². The van der Waals surface area contributed by atoms with Gasteiger partial charge in [0.1, 0.15) is 9.71 Å². The topological polar surface area (TPSA) is 115 Å². The Morgan fingerprint density at radius 1 is 1.19 bits per heavy atom. The number of carbonyl (C=O) groups excluding carboxylic acids is 1. The molecule has 2 aromatic heterocycles. The molecule has 0 aliphatic carbocycles. The number of aromatic nitrogens is 2. The number of nitrogen functional groups attached to an aromatic ring is 1. The van der Waals surface area contributed by atoms with Crippen LogP contribution in [0.3, 0.4) is 0 Å². The number of benzene rings is 1. The van der Waals surface area contributed by atoms with Gasteiger partial charge in [0, 0.05) is 11.9 Å². The number of nitrogens with zero attached hydrogens (tertiary/aromatic N) is 2. The predicted molar refractivity (Wildman–Crippen MR) is 95.9 cm³/mol. The number of carbonyl (C=O) groups is 1. The van der Waals surface area contributed by atoms with Gasteiger partial charge in [-0.15, -0.1) is 16.4 Å². The summed E-state index contributed by atoms with van der Waals surface area (Å²) in [5.41, 5.74) is 9.03. The number of hydrogen-bond acceptors (Lipinski definition) is 8. The molecule has 130 valence electrons. The molecule has 0 radical (unpaired) electrons. The summed E-state index contributed by atoms with van der Waals surface area (Å²) in [6.45, 7) is 4.01. The summed E-state index contributed by atoms with van der Waals surface area (Å²) < 4.78 is 21.7. The molecule has 10 heteroatoms. The fourth-order valence-corrected chi connectivity index (χ4v) is 3.77. The maximum absolute atomic E-state index is 12.5. The molecule has 0 unspecified atom stereocenters. The van der Waals surface area contributed by atoms with Crippen molar-refractivity contribution in [1.82, 2.24) is 15.5 Å². The SMILES string of the molecule is Cc1nnc2sc(C(=O)NCc3ccc([S-](=O)=O)cc3)c(N)c2c1C.[Rb+]. The van der Waals surface area contributed by atoms with Crippen LogP contribution in [0.2, 0.25) is 0 Å². The minimum Gasteiger partial charge on any atom is -0.420 e. The molecule has 0 saturated heterocycles. The molecule has 0 atom stereocenters. The second-order valence-corrected chi connectivity index (χ2v) is 7.44. The van der Waals surface area contributed by atoms with E-state index in [1.165, 1.54) is 23.5 Å².